The summed E-state index contributed by atoms with van der Waals surface area (Å²) in [7, 11) is 0. The summed E-state index contributed by atoms with van der Waals surface area (Å²) in [6.45, 7) is 6.06. The summed E-state index contributed by atoms with van der Waals surface area (Å²) in [5.74, 6) is 1.43. The number of ether oxygens (including phenoxy) is 3. The van der Waals surface area contributed by atoms with E-state index in [0.717, 1.165) is 22.7 Å². The number of anilines is 1. The molecule has 0 radical (unpaired) electrons. The van der Waals surface area contributed by atoms with Crippen LogP contribution in [0.5, 0.6) is 11.8 Å². The van der Waals surface area contributed by atoms with Gasteiger partial charge in [-0.25, -0.2) is 4.68 Å². The van der Waals surface area contributed by atoms with Gasteiger partial charge in [0.2, 0.25) is 0 Å². The van der Waals surface area contributed by atoms with Crippen molar-refractivity contribution >= 4 is 5.69 Å². The Morgan fingerprint density at radius 1 is 0.917 bits per heavy atom. The van der Waals surface area contributed by atoms with Crippen molar-refractivity contribution in [2.24, 2.45) is 0 Å². The first-order valence-corrected chi connectivity index (χ1v) is 12.1. The van der Waals surface area contributed by atoms with Crippen LogP contribution in [0.3, 0.4) is 0 Å². The molecule has 4 aromatic rings. The Morgan fingerprint density at radius 3 is 2.39 bits per heavy atom. The Kier molecular flexibility index (Phi) is 8.91. The molecule has 36 heavy (non-hydrogen) atoms. The molecule has 8 nitrogen and oxygen atoms in total. The number of nitrogens with one attached hydrogen (secondary N) is 1. The molecule has 0 aliphatic rings. The van der Waals surface area contributed by atoms with Crippen LogP contribution in [0.1, 0.15) is 12.5 Å². The van der Waals surface area contributed by atoms with Gasteiger partial charge in [-0.05, 0) is 50.2 Å². The number of nitrogens with zero attached hydrogens (tertiary/aromatic N) is 3. The molecule has 0 fully saturated rings. The van der Waals surface area contributed by atoms with Crippen LogP contribution in [0.25, 0.3) is 17.1 Å². The van der Waals surface area contributed by atoms with Gasteiger partial charge in [0.1, 0.15) is 25.1 Å². The van der Waals surface area contributed by atoms with Crippen molar-refractivity contribution in [3.63, 3.8) is 0 Å². The Hall–Kier alpha value is -3.88. The molecular formula is C28H32N4O4. The van der Waals surface area contributed by atoms with Crippen molar-refractivity contribution in [3.05, 3.63) is 84.4 Å². The highest BCUT2D eigenvalue weighted by molar-refractivity contribution is 5.60. The molecular weight excluding hydrogens is 456 g/mol. The lowest BCUT2D eigenvalue weighted by atomic mass is 10.1. The number of para-hydroxylation sites is 1. The zero-order chi connectivity index (χ0) is 25.2. The maximum absolute atomic E-state index is 10.3. The molecule has 0 aliphatic carbocycles. The number of aliphatic hydroxyl groups is 1. The Balaban J connectivity index is 1.42. The van der Waals surface area contributed by atoms with Crippen molar-refractivity contribution < 1.29 is 19.3 Å². The second-order valence-electron chi connectivity index (χ2n) is 8.25. The maximum Gasteiger partial charge on any atom is 0.336 e. The minimum Gasteiger partial charge on any atom is -0.491 e. The van der Waals surface area contributed by atoms with E-state index in [4.69, 9.17) is 14.2 Å². The molecule has 0 saturated carbocycles. The lowest BCUT2D eigenvalue weighted by Gasteiger charge is -2.14. The fourth-order valence-corrected chi connectivity index (χ4v) is 3.48. The van der Waals surface area contributed by atoms with Gasteiger partial charge in [0.25, 0.3) is 0 Å². The lowest BCUT2D eigenvalue weighted by Crippen LogP contribution is -2.26. The van der Waals surface area contributed by atoms with Crippen LogP contribution in [0, 0.1) is 6.92 Å². The third-order valence-corrected chi connectivity index (χ3v) is 5.40. The molecule has 0 aliphatic heterocycles. The number of hydrogen-bond donors (Lipinski definition) is 2. The van der Waals surface area contributed by atoms with Crippen molar-refractivity contribution in [1.82, 2.24) is 14.8 Å². The third-order valence-electron chi connectivity index (χ3n) is 5.40. The van der Waals surface area contributed by atoms with E-state index in [2.05, 4.69) is 15.4 Å². The second kappa shape index (κ2) is 12.7. The van der Waals surface area contributed by atoms with Crippen LogP contribution in [-0.2, 0) is 4.74 Å². The standard InChI is InChI=1S/C28H32N4O4/c1-3-34-17-18-35-28-30-27(22-11-9-21(2)10-12-22)32(31-28)24-15-13-23(14-16-24)29-19-25(33)20-36-26-7-5-4-6-8-26/h4-16,25,29,33H,3,17-20H2,1-2H3/t25-/m1/s1. The SMILES string of the molecule is CCOCCOc1nc(-c2ccc(C)cc2)n(-c2ccc(NC[C@@H](O)COc3ccccc3)cc2)n1. The molecule has 2 N–H and O–H groups in total. The Labute approximate surface area is 211 Å². The van der Waals surface area contributed by atoms with Gasteiger partial charge in [-0.1, -0.05) is 48.0 Å². The third kappa shape index (κ3) is 7.07. The fourth-order valence-electron chi connectivity index (χ4n) is 3.48. The Morgan fingerprint density at radius 2 is 1.67 bits per heavy atom. The molecule has 8 heteroatoms. The summed E-state index contributed by atoms with van der Waals surface area (Å²) in [5, 5.41) is 18.1. The van der Waals surface area contributed by atoms with Crippen LogP contribution in [0.15, 0.2) is 78.9 Å². The summed E-state index contributed by atoms with van der Waals surface area (Å²) in [6.07, 6.45) is -0.648. The van der Waals surface area contributed by atoms with Crippen molar-refractivity contribution in [1.29, 1.82) is 0 Å². The van der Waals surface area contributed by atoms with E-state index in [0.29, 0.717) is 38.2 Å². The summed E-state index contributed by atoms with van der Waals surface area (Å²) >= 11 is 0. The lowest BCUT2D eigenvalue weighted by molar-refractivity contribution is 0.106. The van der Waals surface area contributed by atoms with Gasteiger partial charge < -0.3 is 24.6 Å². The first kappa shape index (κ1) is 25.2. The molecule has 1 heterocycles. The van der Waals surface area contributed by atoms with Gasteiger partial charge in [0, 0.05) is 24.4 Å². The van der Waals surface area contributed by atoms with Gasteiger partial charge >= 0.3 is 6.01 Å². The predicted octanol–water partition coefficient (Wildman–Crippen LogP) is 4.51. The van der Waals surface area contributed by atoms with Crippen LogP contribution in [0.4, 0.5) is 5.69 Å². The van der Waals surface area contributed by atoms with E-state index < -0.39 is 6.10 Å². The summed E-state index contributed by atoms with van der Waals surface area (Å²) in [4.78, 5) is 4.62. The van der Waals surface area contributed by atoms with Gasteiger partial charge in [0.05, 0.1) is 12.3 Å². The number of aryl methyl sites for hydroxylation is 1. The minimum absolute atomic E-state index is 0.208. The van der Waals surface area contributed by atoms with Gasteiger partial charge in [-0.15, -0.1) is 5.10 Å². The average Bonchev–Trinajstić information content (AvgIpc) is 3.34. The topological polar surface area (TPSA) is 90.7 Å². The number of rotatable bonds is 13. The van der Waals surface area contributed by atoms with E-state index >= 15 is 0 Å². The molecule has 0 saturated heterocycles. The van der Waals surface area contributed by atoms with E-state index in [1.54, 1.807) is 4.68 Å². The minimum atomic E-state index is -0.648. The second-order valence-corrected chi connectivity index (χ2v) is 8.25. The van der Waals surface area contributed by atoms with E-state index in [1.807, 2.05) is 92.7 Å². The van der Waals surface area contributed by atoms with Crippen LogP contribution < -0.4 is 14.8 Å². The zero-order valence-corrected chi connectivity index (χ0v) is 20.6. The number of aromatic nitrogens is 3. The van der Waals surface area contributed by atoms with E-state index in [1.165, 1.54) is 5.56 Å². The van der Waals surface area contributed by atoms with Gasteiger partial charge in [-0.3, -0.25) is 0 Å². The van der Waals surface area contributed by atoms with E-state index in [-0.39, 0.29) is 6.61 Å². The summed E-state index contributed by atoms with van der Waals surface area (Å²) in [5.41, 5.74) is 3.83. The highest BCUT2D eigenvalue weighted by Gasteiger charge is 2.15. The fraction of sp³-hybridized carbons (Fsp3) is 0.286. The smallest absolute Gasteiger partial charge is 0.336 e. The maximum atomic E-state index is 10.3. The Bertz CT molecular complexity index is 1190. The highest BCUT2D eigenvalue weighted by atomic mass is 16.5. The average molecular weight is 489 g/mol. The molecule has 1 aromatic heterocycles. The van der Waals surface area contributed by atoms with Crippen LogP contribution in [0.2, 0.25) is 0 Å². The van der Waals surface area contributed by atoms with Gasteiger partial charge in [-0.2, -0.15) is 4.98 Å². The monoisotopic (exact) mass is 488 g/mol. The summed E-state index contributed by atoms with van der Waals surface area (Å²) in [6, 6.07) is 25.7. The van der Waals surface area contributed by atoms with Crippen LogP contribution in [-0.4, -0.2) is 58.9 Å². The molecule has 188 valence electrons. The quantitative estimate of drug-likeness (QED) is 0.268. The van der Waals surface area contributed by atoms with Gasteiger partial charge in [0.15, 0.2) is 5.82 Å². The summed E-state index contributed by atoms with van der Waals surface area (Å²) < 4.78 is 18.4. The molecule has 0 amide bonds. The first-order valence-electron chi connectivity index (χ1n) is 12.1. The molecule has 1 atom stereocenters. The molecule has 4 rings (SSSR count). The number of hydrogen-bond acceptors (Lipinski definition) is 7. The molecule has 3 aromatic carbocycles. The largest absolute Gasteiger partial charge is 0.491 e. The van der Waals surface area contributed by atoms with E-state index in [9.17, 15) is 5.11 Å². The number of benzene rings is 3. The zero-order valence-electron chi connectivity index (χ0n) is 20.6. The normalized spacial score (nSPS) is 11.8. The number of aliphatic hydroxyl groups excluding tert-OH is 1. The van der Waals surface area contributed by atoms with Crippen LogP contribution >= 0.6 is 0 Å². The highest BCUT2D eigenvalue weighted by Crippen LogP contribution is 2.25. The predicted molar refractivity (Wildman–Crippen MR) is 140 cm³/mol. The molecule has 0 unspecified atom stereocenters. The van der Waals surface area contributed by atoms with Crippen molar-refractivity contribution in [2.75, 3.05) is 38.3 Å². The first-order chi connectivity index (χ1) is 17.6. The molecule has 0 bridgehead atoms. The van der Waals surface area contributed by atoms with Crippen molar-refractivity contribution in [2.45, 2.75) is 20.0 Å². The molecule has 0 spiro atoms. The van der Waals surface area contributed by atoms with Crippen molar-refractivity contribution in [3.8, 4) is 28.8 Å².